The molecule has 0 aliphatic carbocycles. The van der Waals surface area contributed by atoms with Gasteiger partial charge in [0.15, 0.2) is 4.80 Å². The Balaban J connectivity index is 1.69. The number of aromatic hydroxyl groups is 1. The fraction of sp³-hybridized carbons (Fsp3) is 0.148. The molecule has 0 spiro atoms. The van der Waals surface area contributed by atoms with Gasteiger partial charge in [-0.2, -0.15) is 0 Å². The lowest BCUT2D eigenvalue weighted by molar-refractivity contribution is -0.384. The third kappa shape index (κ3) is 5.07. The van der Waals surface area contributed by atoms with E-state index in [1.807, 2.05) is 0 Å². The van der Waals surface area contributed by atoms with Crippen molar-refractivity contribution in [2.24, 2.45) is 4.99 Å². The van der Waals surface area contributed by atoms with Gasteiger partial charge in [0.25, 0.3) is 11.2 Å². The van der Waals surface area contributed by atoms with Crippen LogP contribution in [0.5, 0.6) is 5.75 Å². The number of carbonyl (C=O) groups excluding carboxylic acids is 1. The van der Waals surface area contributed by atoms with Crippen molar-refractivity contribution in [2.75, 3.05) is 6.61 Å². The van der Waals surface area contributed by atoms with Gasteiger partial charge in [0.1, 0.15) is 23.3 Å². The third-order valence-corrected chi connectivity index (χ3v) is 8.28. The zero-order chi connectivity index (χ0) is 28.7. The number of hydrogen-bond acceptors (Lipinski definition) is 9. The molecule has 0 saturated heterocycles. The molecule has 0 bridgehead atoms. The summed E-state index contributed by atoms with van der Waals surface area (Å²) in [5.74, 6) is -0.00692. The highest BCUT2D eigenvalue weighted by atomic mass is 79.9. The van der Waals surface area contributed by atoms with Crippen LogP contribution in [0, 0.1) is 10.1 Å². The van der Waals surface area contributed by atoms with E-state index < -0.39 is 22.5 Å². The number of allylic oxidation sites excluding steroid dienone is 1. The first-order valence-corrected chi connectivity index (χ1v) is 14.2. The molecule has 0 radical (unpaired) electrons. The zero-order valence-corrected chi connectivity index (χ0v) is 24.9. The molecule has 0 saturated carbocycles. The number of benzene rings is 2. The van der Waals surface area contributed by atoms with Crippen LogP contribution in [0.4, 0.5) is 5.69 Å². The molecule has 2 aromatic heterocycles. The van der Waals surface area contributed by atoms with Crippen LogP contribution in [0.1, 0.15) is 31.2 Å². The number of nitrogens with zero attached hydrogens (tertiary/aromatic N) is 3. The lowest BCUT2D eigenvalue weighted by Gasteiger charge is -2.22. The van der Waals surface area contributed by atoms with E-state index in [2.05, 4.69) is 36.9 Å². The highest BCUT2D eigenvalue weighted by molar-refractivity contribution is 9.11. The van der Waals surface area contributed by atoms with Gasteiger partial charge in [-0.1, -0.05) is 23.5 Å². The number of thiazole rings is 1. The normalized spacial score (nSPS) is 15.1. The van der Waals surface area contributed by atoms with Crippen molar-refractivity contribution < 1.29 is 24.0 Å². The number of halogens is 2. The van der Waals surface area contributed by atoms with Gasteiger partial charge >= 0.3 is 5.97 Å². The van der Waals surface area contributed by atoms with Gasteiger partial charge in [0.05, 0.1) is 36.3 Å². The van der Waals surface area contributed by atoms with Crippen molar-refractivity contribution in [1.29, 1.82) is 0 Å². The SMILES string of the molecule is CCOC(=O)C1=C(C)N=c2s/c(=C\c3cc(Br)c(O)c(Br)c3)c(=O)n2[C@H]1c1ccc(-c2cccc([N+](=O)[O-])c2)o1. The fourth-order valence-corrected chi connectivity index (χ4v) is 6.58. The Labute approximate surface area is 247 Å². The highest BCUT2D eigenvalue weighted by Gasteiger charge is 2.35. The fourth-order valence-electron chi connectivity index (χ4n) is 4.31. The molecular weight excluding hydrogens is 670 g/mol. The van der Waals surface area contributed by atoms with E-state index in [-0.39, 0.29) is 29.4 Å². The molecule has 204 valence electrons. The summed E-state index contributed by atoms with van der Waals surface area (Å²) in [6, 6.07) is 11.6. The maximum atomic E-state index is 13.8. The van der Waals surface area contributed by atoms with E-state index in [1.54, 1.807) is 56.3 Å². The lowest BCUT2D eigenvalue weighted by atomic mass is 10.0. The van der Waals surface area contributed by atoms with Gasteiger partial charge in [-0.25, -0.2) is 9.79 Å². The van der Waals surface area contributed by atoms with Crippen LogP contribution in [0.3, 0.4) is 0 Å². The molecule has 5 rings (SSSR count). The second kappa shape index (κ2) is 11.0. The molecule has 1 N–H and O–H groups in total. The van der Waals surface area contributed by atoms with E-state index >= 15 is 0 Å². The maximum Gasteiger partial charge on any atom is 0.338 e. The number of fused-ring (bicyclic) bond motifs is 1. The zero-order valence-electron chi connectivity index (χ0n) is 20.9. The summed E-state index contributed by atoms with van der Waals surface area (Å²) >= 11 is 7.74. The van der Waals surface area contributed by atoms with Crippen LogP contribution in [0.15, 0.2) is 83.0 Å². The van der Waals surface area contributed by atoms with Crippen LogP contribution >= 0.6 is 43.2 Å². The van der Waals surface area contributed by atoms with Gasteiger partial charge in [-0.15, -0.1) is 0 Å². The minimum absolute atomic E-state index is 0.0330. The standard InChI is InChI=1S/C27H19Br2N3O7S/c1-3-38-26(35)22-13(2)30-27-31(25(34)21(40-27)11-14-9-17(28)24(33)18(29)10-14)23(22)20-8-7-19(39-20)15-5-4-6-16(12-15)32(36)37/h4-12,23,33H,3H2,1-2H3/b21-11-/t23-/m0/s1. The van der Waals surface area contributed by atoms with Crippen molar-refractivity contribution in [3.05, 3.63) is 110 Å². The first-order valence-electron chi connectivity index (χ1n) is 11.8. The molecule has 40 heavy (non-hydrogen) atoms. The number of aromatic nitrogens is 1. The minimum Gasteiger partial charge on any atom is -0.506 e. The predicted octanol–water partition coefficient (Wildman–Crippen LogP) is 5.20. The van der Waals surface area contributed by atoms with Crippen molar-refractivity contribution in [3.63, 3.8) is 0 Å². The third-order valence-electron chi connectivity index (χ3n) is 6.09. The number of furan rings is 1. The number of nitro benzene ring substituents is 1. The number of carbonyl (C=O) groups is 1. The van der Waals surface area contributed by atoms with Gasteiger partial charge in [0, 0.05) is 17.7 Å². The van der Waals surface area contributed by atoms with E-state index in [1.165, 1.54) is 16.7 Å². The number of phenolic OH excluding ortho intramolecular Hbond substituents is 1. The van der Waals surface area contributed by atoms with Gasteiger partial charge in [-0.3, -0.25) is 19.5 Å². The Morgan fingerprint density at radius 2 is 1.98 bits per heavy atom. The average molecular weight is 689 g/mol. The Bertz CT molecular complexity index is 1880. The van der Waals surface area contributed by atoms with E-state index in [9.17, 15) is 24.8 Å². The number of phenols is 1. The molecule has 13 heteroatoms. The van der Waals surface area contributed by atoms with Crippen molar-refractivity contribution in [3.8, 4) is 17.1 Å². The van der Waals surface area contributed by atoms with Crippen molar-refractivity contribution in [1.82, 2.24) is 4.57 Å². The van der Waals surface area contributed by atoms with E-state index in [0.29, 0.717) is 40.9 Å². The molecule has 4 aromatic rings. The van der Waals surface area contributed by atoms with Gasteiger partial charge < -0.3 is 14.3 Å². The number of hydrogen-bond donors (Lipinski definition) is 1. The second-order valence-electron chi connectivity index (χ2n) is 8.64. The molecule has 0 amide bonds. The van der Waals surface area contributed by atoms with Crippen LogP contribution < -0.4 is 14.9 Å². The molecular formula is C27H19Br2N3O7S. The number of rotatable bonds is 6. The molecule has 10 nitrogen and oxygen atoms in total. The van der Waals surface area contributed by atoms with Crippen molar-refractivity contribution in [2.45, 2.75) is 19.9 Å². The first-order chi connectivity index (χ1) is 19.1. The monoisotopic (exact) mass is 687 g/mol. The first kappa shape index (κ1) is 27.7. The number of nitro groups is 1. The summed E-state index contributed by atoms with van der Waals surface area (Å²) in [6.45, 7) is 3.46. The van der Waals surface area contributed by atoms with Gasteiger partial charge in [-0.05, 0) is 81.6 Å². The van der Waals surface area contributed by atoms with E-state index in [4.69, 9.17) is 9.15 Å². The summed E-state index contributed by atoms with van der Waals surface area (Å²) in [4.78, 5) is 42.6. The molecule has 0 unspecified atom stereocenters. The average Bonchev–Trinajstić information content (AvgIpc) is 3.52. The topological polar surface area (TPSA) is 137 Å². The van der Waals surface area contributed by atoms with Crippen LogP contribution in [-0.4, -0.2) is 27.2 Å². The van der Waals surface area contributed by atoms with Crippen molar-refractivity contribution >= 4 is 60.9 Å². The lowest BCUT2D eigenvalue weighted by Crippen LogP contribution is -2.39. The number of non-ortho nitro benzene ring substituents is 1. The van der Waals surface area contributed by atoms with Gasteiger partial charge in [0.2, 0.25) is 0 Å². The Kier molecular flexibility index (Phi) is 7.62. The Morgan fingerprint density at radius 1 is 1.25 bits per heavy atom. The number of esters is 1. The predicted molar refractivity (Wildman–Crippen MR) is 155 cm³/mol. The van der Waals surface area contributed by atoms with Crippen LogP contribution in [0.2, 0.25) is 0 Å². The Hall–Kier alpha value is -3.81. The summed E-state index contributed by atoms with van der Waals surface area (Å²) in [7, 11) is 0. The second-order valence-corrected chi connectivity index (χ2v) is 11.4. The van der Waals surface area contributed by atoms with E-state index in [0.717, 1.165) is 11.3 Å². The molecule has 1 atom stereocenters. The molecule has 0 fully saturated rings. The maximum absolute atomic E-state index is 13.8. The number of ether oxygens (including phenoxy) is 1. The molecule has 3 heterocycles. The molecule has 1 aliphatic rings. The Morgan fingerprint density at radius 3 is 2.65 bits per heavy atom. The summed E-state index contributed by atoms with van der Waals surface area (Å²) in [5.41, 5.74) is 1.13. The quantitative estimate of drug-likeness (QED) is 0.167. The highest BCUT2D eigenvalue weighted by Crippen LogP contribution is 2.35. The minimum atomic E-state index is -0.983. The summed E-state index contributed by atoms with van der Waals surface area (Å²) in [5, 5.41) is 21.3. The van der Waals surface area contributed by atoms with Crippen LogP contribution in [0.25, 0.3) is 17.4 Å². The summed E-state index contributed by atoms with van der Waals surface area (Å²) in [6.07, 6.45) is 1.66. The van der Waals surface area contributed by atoms with Crippen LogP contribution in [-0.2, 0) is 9.53 Å². The smallest absolute Gasteiger partial charge is 0.338 e. The summed E-state index contributed by atoms with van der Waals surface area (Å²) < 4.78 is 14.1. The molecule has 2 aromatic carbocycles. The molecule has 1 aliphatic heterocycles. The largest absolute Gasteiger partial charge is 0.506 e.